The van der Waals surface area contributed by atoms with Crippen molar-refractivity contribution >= 4 is 10.0 Å². The van der Waals surface area contributed by atoms with Gasteiger partial charge in [0.25, 0.3) is 0 Å². The molecule has 0 aromatic heterocycles. The first-order valence-corrected chi connectivity index (χ1v) is 9.65. The molecule has 0 amide bonds. The molecule has 1 heterocycles. The third-order valence-corrected chi connectivity index (χ3v) is 5.60. The van der Waals surface area contributed by atoms with Crippen LogP contribution in [-0.4, -0.2) is 43.8 Å². The van der Waals surface area contributed by atoms with Crippen molar-refractivity contribution in [3.8, 4) is 0 Å². The maximum Gasteiger partial charge on any atom is 0.224 e. The Hall–Kier alpha value is -0.170. The Morgan fingerprint density at radius 1 is 1.05 bits per heavy atom. The third kappa shape index (κ3) is 5.31. The van der Waals surface area contributed by atoms with Crippen molar-refractivity contribution < 1.29 is 8.42 Å². The van der Waals surface area contributed by atoms with E-state index in [0.717, 1.165) is 32.2 Å². The Kier molecular flexibility index (Phi) is 5.84. The molecule has 2 atom stereocenters. The van der Waals surface area contributed by atoms with Gasteiger partial charge >= 0.3 is 0 Å². The van der Waals surface area contributed by atoms with E-state index in [9.17, 15) is 8.42 Å². The van der Waals surface area contributed by atoms with Gasteiger partial charge in [0.2, 0.25) is 10.0 Å². The number of sulfonamides is 1. The lowest BCUT2D eigenvalue weighted by atomic mass is 10.0. The van der Waals surface area contributed by atoms with Crippen LogP contribution in [0.2, 0.25) is 0 Å². The fourth-order valence-corrected chi connectivity index (χ4v) is 4.17. The second kappa shape index (κ2) is 7.20. The normalized spacial score (nSPS) is 28.7. The first-order valence-electron chi connectivity index (χ1n) is 8.00. The molecule has 2 fully saturated rings. The van der Waals surface area contributed by atoms with E-state index in [2.05, 4.69) is 24.0 Å². The molecule has 5 nitrogen and oxygen atoms in total. The van der Waals surface area contributed by atoms with E-state index < -0.39 is 10.0 Å². The summed E-state index contributed by atoms with van der Waals surface area (Å²) in [7, 11) is -3.18. The van der Waals surface area contributed by atoms with Gasteiger partial charge in [0.15, 0.2) is 0 Å². The predicted molar refractivity (Wildman–Crippen MR) is 81.8 cm³/mol. The highest BCUT2D eigenvalue weighted by Gasteiger charge is 2.28. The molecule has 2 rings (SSSR count). The minimum Gasteiger partial charge on any atom is -0.314 e. The van der Waals surface area contributed by atoms with Crippen LogP contribution in [-0.2, 0) is 10.0 Å². The molecule has 0 aromatic carbocycles. The number of hydrogen-bond donors (Lipinski definition) is 2. The van der Waals surface area contributed by atoms with Crippen LogP contribution in [0.5, 0.6) is 0 Å². The summed E-state index contributed by atoms with van der Waals surface area (Å²) in [4.78, 5) is 2.79. The van der Waals surface area contributed by atoms with Gasteiger partial charge in [0, 0.05) is 18.1 Å². The smallest absolute Gasteiger partial charge is 0.224 e. The molecule has 0 bridgehead atoms. The number of nitrogens with zero attached hydrogens (tertiary/aromatic N) is 1. The molecule has 2 unspecified atom stereocenters. The molecule has 0 radical (unpaired) electrons. The highest BCUT2D eigenvalue weighted by molar-refractivity contribution is 7.89. The zero-order chi connectivity index (χ0) is 14.6. The molecular weight excluding hydrogens is 274 g/mol. The fourth-order valence-electron chi connectivity index (χ4n) is 2.82. The largest absolute Gasteiger partial charge is 0.314 e. The zero-order valence-corrected chi connectivity index (χ0v) is 13.6. The van der Waals surface area contributed by atoms with Crippen molar-refractivity contribution in [3.05, 3.63) is 0 Å². The fraction of sp³-hybridized carbons (Fsp3) is 1.00. The molecule has 0 aromatic rings. The van der Waals surface area contributed by atoms with Gasteiger partial charge in [0.05, 0.1) is 5.75 Å². The van der Waals surface area contributed by atoms with Gasteiger partial charge in [0.1, 0.15) is 0 Å². The molecule has 1 aliphatic carbocycles. The van der Waals surface area contributed by atoms with Crippen molar-refractivity contribution in [3.63, 3.8) is 0 Å². The summed E-state index contributed by atoms with van der Waals surface area (Å²) >= 11 is 0. The lowest BCUT2D eigenvalue weighted by Gasteiger charge is -2.38. The van der Waals surface area contributed by atoms with Gasteiger partial charge in [-0.3, -0.25) is 0 Å². The van der Waals surface area contributed by atoms with E-state index >= 15 is 0 Å². The Balaban J connectivity index is 1.68. The summed E-state index contributed by atoms with van der Waals surface area (Å²) in [5.41, 5.74) is 0. The molecule has 20 heavy (non-hydrogen) atoms. The van der Waals surface area contributed by atoms with Gasteiger partial charge in [-0.2, -0.15) is 0 Å². The highest BCUT2D eigenvalue weighted by atomic mass is 32.2. The lowest BCUT2D eigenvalue weighted by Crippen LogP contribution is -2.54. The molecule has 2 N–H and O–H groups in total. The monoisotopic (exact) mass is 303 g/mol. The van der Waals surface area contributed by atoms with Gasteiger partial charge < -0.3 is 5.32 Å². The van der Waals surface area contributed by atoms with Gasteiger partial charge in [-0.05, 0) is 58.9 Å². The topological polar surface area (TPSA) is 61.4 Å². The molecule has 1 aliphatic heterocycles. The molecule has 0 spiro atoms. The first kappa shape index (κ1) is 16.2. The molecule has 1 saturated heterocycles. The van der Waals surface area contributed by atoms with E-state index in [1.54, 1.807) is 0 Å². The SMILES string of the molecule is CC1CCCC(C)N1NS(=O)(=O)CCCCNC1CC1. The first-order chi connectivity index (χ1) is 9.48. The van der Waals surface area contributed by atoms with Gasteiger partial charge in [-0.1, -0.05) is 6.42 Å². The number of nitrogens with one attached hydrogen (secondary N) is 2. The van der Waals surface area contributed by atoms with E-state index in [4.69, 9.17) is 0 Å². The van der Waals surface area contributed by atoms with Gasteiger partial charge in [-0.15, -0.1) is 4.83 Å². The second-order valence-electron chi connectivity index (χ2n) is 6.38. The van der Waals surface area contributed by atoms with E-state index in [1.165, 1.54) is 19.3 Å². The van der Waals surface area contributed by atoms with Crippen molar-refractivity contribution in [2.45, 2.75) is 76.9 Å². The third-order valence-electron chi connectivity index (χ3n) is 4.29. The number of hydrazine groups is 1. The summed E-state index contributed by atoms with van der Waals surface area (Å²) < 4.78 is 24.3. The minimum atomic E-state index is -3.18. The molecule has 118 valence electrons. The molecule has 6 heteroatoms. The zero-order valence-electron chi connectivity index (χ0n) is 12.8. The summed E-state index contributed by atoms with van der Waals surface area (Å²) in [6.45, 7) is 5.13. The van der Waals surface area contributed by atoms with Crippen LogP contribution in [0.1, 0.15) is 58.8 Å². The number of unbranched alkanes of at least 4 members (excludes halogenated alkanes) is 1. The Labute approximate surface area is 123 Å². The number of rotatable bonds is 8. The molecular formula is C14H29N3O2S. The lowest BCUT2D eigenvalue weighted by molar-refractivity contribution is 0.0790. The van der Waals surface area contributed by atoms with Crippen LogP contribution in [0.25, 0.3) is 0 Å². The summed E-state index contributed by atoms with van der Waals surface area (Å²) in [6, 6.07) is 1.30. The maximum absolute atomic E-state index is 12.1. The molecule has 2 aliphatic rings. The van der Waals surface area contributed by atoms with Crippen molar-refractivity contribution in [1.82, 2.24) is 15.2 Å². The molecule has 1 saturated carbocycles. The van der Waals surface area contributed by atoms with E-state index in [0.29, 0.717) is 18.1 Å². The highest BCUT2D eigenvalue weighted by Crippen LogP contribution is 2.21. The predicted octanol–water partition coefficient (Wildman–Crippen LogP) is 1.62. The standard InChI is InChI=1S/C14H29N3O2S/c1-12-6-5-7-13(2)17(12)16-20(18,19)11-4-3-10-15-14-8-9-14/h12-16H,3-11H2,1-2H3. The average Bonchev–Trinajstić information content (AvgIpc) is 3.18. The summed E-state index contributed by atoms with van der Waals surface area (Å²) in [5, 5.41) is 5.34. The van der Waals surface area contributed by atoms with Crippen molar-refractivity contribution in [2.24, 2.45) is 0 Å². The van der Waals surface area contributed by atoms with Crippen LogP contribution in [0.3, 0.4) is 0 Å². The minimum absolute atomic E-state index is 0.231. The quantitative estimate of drug-likeness (QED) is 0.669. The Bertz CT molecular complexity index is 385. The summed E-state index contributed by atoms with van der Waals surface area (Å²) in [6.07, 6.45) is 7.55. The van der Waals surface area contributed by atoms with Crippen LogP contribution in [0.15, 0.2) is 0 Å². The average molecular weight is 303 g/mol. The van der Waals surface area contributed by atoms with Crippen molar-refractivity contribution in [1.29, 1.82) is 0 Å². The van der Waals surface area contributed by atoms with Crippen LogP contribution >= 0.6 is 0 Å². The van der Waals surface area contributed by atoms with E-state index in [-0.39, 0.29) is 5.75 Å². The summed E-state index contributed by atoms with van der Waals surface area (Å²) in [5.74, 6) is 0.231. The van der Waals surface area contributed by atoms with Crippen LogP contribution in [0.4, 0.5) is 0 Å². The maximum atomic E-state index is 12.1. The van der Waals surface area contributed by atoms with Gasteiger partial charge in [-0.25, -0.2) is 13.4 Å². The van der Waals surface area contributed by atoms with Crippen molar-refractivity contribution in [2.75, 3.05) is 12.3 Å². The van der Waals surface area contributed by atoms with Crippen LogP contribution < -0.4 is 10.1 Å². The van der Waals surface area contributed by atoms with Crippen LogP contribution in [0, 0.1) is 0 Å². The number of piperidine rings is 1. The second-order valence-corrected chi connectivity index (χ2v) is 8.20. The Morgan fingerprint density at radius 3 is 2.30 bits per heavy atom. The number of hydrogen-bond acceptors (Lipinski definition) is 4. The Morgan fingerprint density at radius 2 is 1.70 bits per heavy atom. The van der Waals surface area contributed by atoms with E-state index in [1.807, 2.05) is 5.01 Å².